The van der Waals surface area contributed by atoms with Crippen molar-refractivity contribution in [3.8, 4) is 0 Å². The van der Waals surface area contributed by atoms with E-state index in [-0.39, 0.29) is 17.3 Å². The third kappa shape index (κ3) is 3.55. The molecule has 0 bridgehead atoms. The molecule has 0 radical (unpaired) electrons. The third-order valence-electron chi connectivity index (χ3n) is 7.05. The van der Waals surface area contributed by atoms with E-state index in [4.69, 9.17) is 23.2 Å². The van der Waals surface area contributed by atoms with E-state index in [1.165, 1.54) is 32.6 Å². The van der Waals surface area contributed by atoms with Gasteiger partial charge in [-0.15, -0.1) is 0 Å². The Morgan fingerprint density at radius 3 is 1.26 bits per heavy atom. The van der Waals surface area contributed by atoms with Gasteiger partial charge in [0, 0.05) is 21.9 Å². The topological polar surface area (TPSA) is 0 Å². The van der Waals surface area contributed by atoms with E-state index >= 15 is 0 Å². The van der Waals surface area contributed by atoms with Gasteiger partial charge in [-0.25, -0.2) is 0 Å². The summed E-state index contributed by atoms with van der Waals surface area (Å²) in [6.07, 6.45) is 0. The van der Waals surface area contributed by atoms with Crippen LogP contribution in [0.5, 0.6) is 0 Å². The Labute approximate surface area is 200 Å². The molecule has 0 saturated carbocycles. The fraction of sp³-hybridized carbons (Fsp3) is 0.407. The molecule has 4 rings (SSSR count). The molecule has 2 atom stereocenters. The van der Waals surface area contributed by atoms with E-state index in [2.05, 4.69) is 102 Å². The van der Waals surface area contributed by atoms with Crippen LogP contribution in [0, 0.1) is 5.41 Å². The summed E-state index contributed by atoms with van der Waals surface area (Å²) in [6, 6.07) is 17.7. The van der Waals surface area contributed by atoms with Crippen molar-refractivity contribution in [2.45, 2.75) is 65.0 Å². The van der Waals surface area contributed by atoms with Gasteiger partial charge in [-0.05, 0) is 38.1 Å². The van der Waals surface area contributed by atoms with E-state index in [0.717, 1.165) is 10.1 Å². The van der Waals surface area contributed by atoms with Crippen LogP contribution >= 0.6 is 23.2 Å². The molecular formula is C27H34Cl2Si2. The molecule has 2 aromatic carbocycles. The smallest absolute Gasteiger partial charge is 0.0799 e. The van der Waals surface area contributed by atoms with Crippen LogP contribution < -0.4 is 0 Å². The summed E-state index contributed by atoms with van der Waals surface area (Å²) in [6.45, 7) is 19.2. The van der Waals surface area contributed by atoms with Gasteiger partial charge >= 0.3 is 0 Å². The number of rotatable bonds is 4. The van der Waals surface area contributed by atoms with Gasteiger partial charge < -0.3 is 0 Å². The monoisotopic (exact) mass is 484 g/mol. The zero-order chi connectivity index (χ0) is 22.9. The Kier molecular flexibility index (Phi) is 5.58. The molecule has 2 unspecified atom stereocenters. The summed E-state index contributed by atoms with van der Waals surface area (Å²) in [7, 11) is -3.24. The van der Waals surface area contributed by atoms with E-state index in [1.54, 1.807) is 0 Å². The van der Waals surface area contributed by atoms with Gasteiger partial charge in [0.15, 0.2) is 0 Å². The molecule has 0 spiro atoms. The van der Waals surface area contributed by atoms with Crippen molar-refractivity contribution in [1.29, 1.82) is 0 Å². The molecule has 0 heterocycles. The number of hydrogen-bond donors (Lipinski definition) is 0. The number of benzene rings is 2. The van der Waals surface area contributed by atoms with Crippen LogP contribution in [0.25, 0.3) is 10.4 Å². The minimum Gasteiger partial charge on any atom is -0.0886 e. The van der Waals surface area contributed by atoms with Crippen LogP contribution in [-0.4, -0.2) is 16.1 Å². The molecule has 0 nitrogen and oxygen atoms in total. The van der Waals surface area contributed by atoms with Crippen molar-refractivity contribution in [3.63, 3.8) is 0 Å². The largest absolute Gasteiger partial charge is 0.0886 e. The highest BCUT2D eigenvalue weighted by Gasteiger charge is 2.51. The second-order valence-electron chi connectivity index (χ2n) is 11.8. The molecule has 0 fully saturated rings. The summed E-state index contributed by atoms with van der Waals surface area (Å²) in [5.41, 5.74) is 5.32. The maximum absolute atomic E-state index is 7.32. The lowest BCUT2D eigenvalue weighted by atomic mass is 9.66. The molecule has 0 aliphatic heterocycles. The van der Waals surface area contributed by atoms with Crippen LogP contribution in [0.3, 0.4) is 0 Å². The number of halogens is 2. The van der Waals surface area contributed by atoms with Crippen molar-refractivity contribution in [2.24, 2.45) is 5.41 Å². The first-order chi connectivity index (χ1) is 14.3. The minimum absolute atomic E-state index is 0.150. The Morgan fingerprint density at radius 2 is 0.935 bits per heavy atom. The van der Waals surface area contributed by atoms with Gasteiger partial charge in [-0.2, -0.15) is 0 Å². The van der Waals surface area contributed by atoms with Gasteiger partial charge in [0.1, 0.15) is 0 Å². The Morgan fingerprint density at radius 1 is 0.613 bits per heavy atom. The predicted octanol–water partition coefficient (Wildman–Crippen LogP) is 9.26. The van der Waals surface area contributed by atoms with Crippen molar-refractivity contribution in [1.82, 2.24) is 0 Å². The normalized spacial score (nSPS) is 21.6. The average Bonchev–Trinajstić information content (AvgIpc) is 3.11. The molecule has 0 saturated heterocycles. The summed E-state index contributed by atoms with van der Waals surface area (Å²) in [4.78, 5) is 0. The van der Waals surface area contributed by atoms with E-state index in [0.29, 0.717) is 0 Å². The average molecular weight is 486 g/mol. The number of allylic oxidation sites excluding steroid dienone is 2. The van der Waals surface area contributed by atoms with Crippen LogP contribution in [0.15, 0.2) is 58.6 Å². The molecular weight excluding hydrogens is 451 g/mol. The summed E-state index contributed by atoms with van der Waals surface area (Å²) in [5, 5.41) is 4.93. The van der Waals surface area contributed by atoms with Crippen LogP contribution in [0.4, 0.5) is 0 Å². The maximum Gasteiger partial charge on any atom is 0.0799 e. The van der Waals surface area contributed by atoms with Crippen LogP contribution in [0.1, 0.15) is 47.9 Å². The van der Waals surface area contributed by atoms with Gasteiger partial charge in [0.25, 0.3) is 0 Å². The fourth-order valence-corrected chi connectivity index (χ4v) is 12.4. The zero-order valence-electron chi connectivity index (χ0n) is 20.0. The van der Waals surface area contributed by atoms with Crippen LogP contribution in [-0.2, 0) is 0 Å². The molecule has 0 amide bonds. The SMILES string of the molecule is CC(C)(C1C(Cl)=C([Si](C)(C)C)c2ccccc21)C1C(Cl)=C([Si](C)(C)C)c2ccccc21. The summed E-state index contributed by atoms with van der Waals surface area (Å²) >= 11 is 14.6. The van der Waals surface area contributed by atoms with E-state index in [1.807, 2.05) is 0 Å². The Hall–Kier alpha value is -1.07. The highest BCUT2D eigenvalue weighted by Crippen LogP contribution is 2.63. The Bertz CT molecular complexity index is 1020. The van der Waals surface area contributed by atoms with Gasteiger partial charge in [0.2, 0.25) is 0 Å². The van der Waals surface area contributed by atoms with Crippen molar-refractivity contribution in [3.05, 3.63) is 80.8 Å². The Balaban J connectivity index is 1.96. The van der Waals surface area contributed by atoms with Crippen LogP contribution in [0.2, 0.25) is 39.3 Å². The molecule has 0 aromatic heterocycles. The van der Waals surface area contributed by atoms with Crippen molar-refractivity contribution < 1.29 is 0 Å². The van der Waals surface area contributed by atoms with Gasteiger partial charge in [-0.3, -0.25) is 0 Å². The second kappa shape index (κ2) is 7.48. The lowest BCUT2D eigenvalue weighted by Gasteiger charge is -2.39. The molecule has 31 heavy (non-hydrogen) atoms. The molecule has 2 aliphatic rings. The highest BCUT2D eigenvalue weighted by atomic mass is 35.5. The first-order valence-corrected chi connectivity index (χ1v) is 19.0. The predicted molar refractivity (Wildman–Crippen MR) is 144 cm³/mol. The quantitative estimate of drug-likeness (QED) is 0.379. The maximum atomic E-state index is 7.32. The van der Waals surface area contributed by atoms with E-state index in [9.17, 15) is 0 Å². The standard InChI is InChI=1S/C27H34Cl2Si2/c1-27(2,21-17-13-9-11-15-19(17)25(23(21)28)30(3,4)5)22-18-14-10-12-16-20(18)26(24(22)29)31(6,7)8/h9-16,21-22H,1-8H3. The fourth-order valence-electron chi connectivity index (χ4n) is 5.92. The molecule has 164 valence electrons. The summed E-state index contributed by atoms with van der Waals surface area (Å²) < 4.78 is 0. The second-order valence-corrected chi connectivity index (χ2v) is 22.6. The molecule has 4 heteroatoms. The summed E-state index contributed by atoms with van der Waals surface area (Å²) in [5.74, 6) is 0.305. The van der Waals surface area contributed by atoms with Crippen molar-refractivity contribution in [2.75, 3.05) is 0 Å². The molecule has 2 aromatic rings. The number of fused-ring (bicyclic) bond motifs is 2. The molecule has 0 N–H and O–H groups in total. The lowest BCUT2D eigenvalue weighted by molar-refractivity contribution is 0.285. The first kappa shape index (κ1) is 23.1. The zero-order valence-corrected chi connectivity index (χ0v) is 23.5. The minimum atomic E-state index is -1.62. The molecule has 2 aliphatic carbocycles. The van der Waals surface area contributed by atoms with Crippen molar-refractivity contribution >= 4 is 49.7 Å². The third-order valence-corrected chi connectivity index (χ3v) is 12.3. The van der Waals surface area contributed by atoms with Gasteiger partial charge in [-0.1, -0.05) is 125 Å². The highest BCUT2D eigenvalue weighted by molar-refractivity contribution is 6.95. The van der Waals surface area contributed by atoms with Gasteiger partial charge in [0.05, 0.1) is 16.1 Å². The first-order valence-electron chi connectivity index (χ1n) is 11.3. The number of hydrogen-bond acceptors (Lipinski definition) is 0. The lowest BCUT2D eigenvalue weighted by Crippen LogP contribution is -2.30. The van der Waals surface area contributed by atoms with E-state index < -0.39 is 16.1 Å².